The van der Waals surface area contributed by atoms with Crippen molar-refractivity contribution in [3.63, 3.8) is 0 Å². The summed E-state index contributed by atoms with van der Waals surface area (Å²) < 4.78 is 0. The van der Waals surface area contributed by atoms with Crippen LogP contribution in [0.4, 0.5) is 0 Å². The average Bonchev–Trinajstić information content (AvgIpc) is 3.01. The highest BCUT2D eigenvalue weighted by atomic mass is 35.5. The number of nitrogens with one attached hydrogen (secondary N) is 1. The number of aromatic amines is 1. The number of amides is 1. The Balaban J connectivity index is 1.88. The molecule has 0 radical (unpaired) electrons. The zero-order valence-corrected chi connectivity index (χ0v) is 13.3. The van der Waals surface area contributed by atoms with Gasteiger partial charge in [-0.15, -0.1) is 0 Å². The summed E-state index contributed by atoms with van der Waals surface area (Å²) in [6.45, 7) is 3.79. The lowest BCUT2D eigenvalue weighted by molar-refractivity contribution is 0.0783. The highest BCUT2D eigenvalue weighted by Crippen LogP contribution is 2.26. The Kier molecular flexibility index (Phi) is 3.68. The highest BCUT2D eigenvalue weighted by molar-refractivity contribution is 6.31. The van der Waals surface area contributed by atoms with Crippen molar-refractivity contribution in [3.05, 3.63) is 35.0 Å². The number of rotatable bonds is 2. The number of H-pyrrole nitrogens is 1. The first kappa shape index (κ1) is 14.4. The number of carbonyl (C=O) groups is 1. The van der Waals surface area contributed by atoms with Crippen molar-refractivity contribution >= 4 is 28.4 Å². The first-order valence-corrected chi connectivity index (χ1v) is 7.57. The molecule has 1 aromatic carbocycles. The third kappa shape index (κ3) is 2.54. The Morgan fingerprint density at radius 2 is 2.14 bits per heavy atom. The van der Waals surface area contributed by atoms with Crippen LogP contribution in [0.25, 0.3) is 10.9 Å². The summed E-state index contributed by atoms with van der Waals surface area (Å²) in [7, 11) is 4.14. The lowest BCUT2D eigenvalue weighted by Gasteiger charge is -2.22. The molecule has 0 saturated carbocycles. The first-order valence-electron chi connectivity index (χ1n) is 7.19. The van der Waals surface area contributed by atoms with Crippen LogP contribution in [-0.2, 0) is 0 Å². The van der Waals surface area contributed by atoms with Gasteiger partial charge in [-0.25, -0.2) is 0 Å². The molecule has 1 fully saturated rings. The SMILES string of the molecule is C[C@H]1CN(C(=O)c2c[nH]c3cc(Cl)ccc23)C[C@@H]1N(C)C. The molecule has 1 aliphatic heterocycles. The fourth-order valence-electron chi connectivity index (χ4n) is 3.23. The zero-order valence-electron chi connectivity index (χ0n) is 12.6. The van der Waals surface area contributed by atoms with Gasteiger partial charge >= 0.3 is 0 Å². The third-order valence-electron chi connectivity index (χ3n) is 4.40. The molecule has 1 saturated heterocycles. The lowest BCUT2D eigenvalue weighted by Crippen LogP contribution is -2.35. The van der Waals surface area contributed by atoms with Gasteiger partial charge in [0.25, 0.3) is 5.91 Å². The van der Waals surface area contributed by atoms with E-state index in [0.717, 1.165) is 29.6 Å². The van der Waals surface area contributed by atoms with Crippen LogP contribution < -0.4 is 0 Å². The molecule has 0 unspecified atom stereocenters. The van der Waals surface area contributed by atoms with Gasteiger partial charge < -0.3 is 14.8 Å². The Morgan fingerprint density at radius 3 is 2.81 bits per heavy atom. The van der Waals surface area contributed by atoms with Crippen LogP contribution in [0.15, 0.2) is 24.4 Å². The van der Waals surface area contributed by atoms with E-state index >= 15 is 0 Å². The van der Waals surface area contributed by atoms with Crippen LogP contribution in [-0.4, -0.2) is 53.9 Å². The van der Waals surface area contributed by atoms with Crippen molar-refractivity contribution in [1.82, 2.24) is 14.8 Å². The van der Waals surface area contributed by atoms with E-state index in [4.69, 9.17) is 11.6 Å². The fourth-order valence-corrected chi connectivity index (χ4v) is 3.41. The third-order valence-corrected chi connectivity index (χ3v) is 4.63. The molecule has 5 heteroatoms. The number of hydrogen-bond donors (Lipinski definition) is 1. The predicted octanol–water partition coefficient (Wildman–Crippen LogP) is 2.84. The van der Waals surface area contributed by atoms with Gasteiger partial charge in [0.2, 0.25) is 0 Å². The summed E-state index contributed by atoms with van der Waals surface area (Å²) in [5, 5.41) is 1.61. The second-order valence-corrected chi connectivity index (χ2v) is 6.55. The maximum absolute atomic E-state index is 12.8. The number of likely N-dealkylation sites (N-methyl/N-ethyl adjacent to an activating group) is 1. The van der Waals surface area contributed by atoms with E-state index in [-0.39, 0.29) is 5.91 Å². The number of benzene rings is 1. The van der Waals surface area contributed by atoms with Crippen molar-refractivity contribution in [2.75, 3.05) is 27.2 Å². The van der Waals surface area contributed by atoms with Crippen molar-refractivity contribution in [3.8, 4) is 0 Å². The number of hydrogen-bond acceptors (Lipinski definition) is 2. The molecular weight excluding hydrogens is 286 g/mol. The molecule has 0 bridgehead atoms. The normalized spacial score (nSPS) is 22.4. The van der Waals surface area contributed by atoms with Crippen molar-refractivity contribution < 1.29 is 4.79 Å². The summed E-state index contributed by atoms with van der Waals surface area (Å²) in [6.07, 6.45) is 1.79. The van der Waals surface area contributed by atoms with Crippen LogP contribution in [0.3, 0.4) is 0 Å². The summed E-state index contributed by atoms with van der Waals surface area (Å²) in [5.74, 6) is 0.586. The zero-order chi connectivity index (χ0) is 15.1. The van der Waals surface area contributed by atoms with Crippen molar-refractivity contribution in [2.24, 2.45) is 5.92 Å². The summed E-state index contributed by atoms with van der Waals surface area (Å²) in [5.41, 5.74) is 1.63. The second kappa shape index (κ2) is 5.35. The molecule has 1 amide bonds. The molecule has 2 atom stereocenters. The van der Waals surface area contributed by atoms with Crippen LogP contribution >= 0.6 is 11.6 Å². The van der Waals surface area contributed by atoms with E-state index in [1.165, 1.54) is 0 Å². The maximum atomic E-state index is 12.8. The van der Waals surface area contributed by atoms with Crippen LogP contribution in [0, 0.1) is 5.92 Å². The van der Waals surface area contributed by atoms with Crippen molar-refractivity contribution in [2.45, 2.75) is 13.0 Å². The minimum atomic E-state index is 0.0970. The maximum Gasteiger partial charge on any atom is 0.256 e. The Labute approximate surface area is 129 Å². The molecule has 1 aromatic heterocycles. The molecule has 2 heterocycles. The number of carbonyl (C=O) groups excluding carboxylic acids is 1. The van der Waals surface area contributed by atoms with E-state index in [0.29, 0.717) is 17.0 Å². The number of nitrogens with zero attached hydrogens (tertiary/aromatic N) is 2. The van der Waals surface area contributed by atoms with Gasteiger partial charge in [0.15, 0.2) is 0 Å². The number of likely N-dealkylation sites (tertiary alicyclic amines) is 1. The summed E-state index contributed by atoms with van der Waals surface area (Å²) in [4.78, 5) is 20.1. The molecule has 1 N–H and O–H groups in total. The fraction of sp³-hybridized carbons (Fsp3) is 0.438. The van der Waals surface area contributed by atoms with Crippen LogP contribution in [0.1, 0.15) is 17.3 Å². The monoisotopic (exact) mass is 305 g/mol. The Morgan fingerprint density at radius 1 is 1.38 bits per heavy atom. The Bertz CT molecular complexity index is 679. The Hall–Kier alpha value is -1.52. The molecule has 0 aliphatic carbocycles. The molecule has 2 aromatic rings. The number of fused-ring (bicyclic) bond motifs is 1. The van der Waals surface area contributed by atoms with E-state index < -0.39 is 0 Å². The van der Waals surface area contributed by atoms with Gasteiger partial charge in [-0.3, -0.25) is 4.79 Å². The van der Waals surface area contributed by atoms with Gasteiger partial charge in [-0.05, 0) is 32.1 Å². The minimum absolute atomic E-state index is 0.0970. The average molecular weight is 306 g/mol. The van der Waals surface area contributed by atoms with Gasteiger partial charge in [-0.2, -0.15) is 0 Å². The quantitative estimate of drug-likeness (QED) is 0.926. The molecule has 0 spiro atoms. The van der Waals surface area contributed by atoms with Crippen LogP contribution in [0.2, 0.25) is 5.02 Å². The van der Waals surface area contributed by atoms with Gasteiger partial charge in [0, 0.05) is 41.3 Å². The van der Waals surface area contributed by atoms with Crippen LogP contribution in [0.5, 0.6) is 0 Å². The molecular formula is C16H20ClN3O. The van der Waals surface area contributed by atoms with Gasteiger partial charge in [0.1, 0.15) is 0 Å². The molecule has 1 aliphatic rings. The molecule has 21 heavy (non-hydrogen) atoms. The second-order valence-electron chi connectivity index (χ2n) is 6.11. The lowest BCUT2D eigenvalue weighted by atomic mass is 10.1. The molecule has 112 valence electrons. The number of halogens is 1. The smallest absolute Gasteiger partial charge is 0.256 e. The topological polar surface area (TPSA) is 39.3 Å². The van der Waals surface area contributed by atoms with E-state index in [1.807, 2.05) is 23.1 Å². The largest absolute Gasteiger partial charge is 0.360 e. The summed E-state index contributed by atoms with van der Waals surface area (Å²) >= 11 is 5.99. The molecule has 4 nitrogen and oxygen atoms in total. The van der Waals surface area contributed by atoms with E-state index in [2.05, 4.69) is 30.9 Å². The standard InChI is InChI=1S/C16H20ClN3O/c1-10-8-20(9-15(10)19(2)3)16(21)13-7-18-14-6-11(17)4-5-12(13)14/h4-7,10,15,18H,8-9H2,1-3H3/t10-,15-/m0/s1. The minimum Gasteiger partial charge on any atom is -0.360 e. The number of aromatic nitrogens is 1. The first-order chi connectivity index (χ1) is 9.97. The predicted molar refractivity (Wildman–Crippen MR) is 85.9 cm³/mol. The van der Waals surface area contributed by atoms with E-state index in [9.17, 15) is 4.79 Å². The van der Waals surface area contributed by atoms with E-state index in [1.54, 1.807) is 6.20 Å². The van der Waals surface area contributed by atoms with Gasteiger partial charge in [-0.1, -0.05) is 24.6 Å². The van der Waals surface area contributed by atoms with Crippen molar-refractivity contribution in [1.29, 1.82) is 0 Å². The molecule has 3 rings (SSSR count). The highest BCUT2D eigenvalue weighted by Gasteiger charge is 2.34. The van der Waals surface area contributed by atoms with Gasteiger partial charge in [0.05, 0.1) is 5.56 Å². The summed E-state index contributed by atoms with van der Waals surface area (Å²) in [6, 6.07) is 6.00.